The van der Waals surface area contributed by atoms with Crippen LogP contribution in [0.2, 0.25) is 0 Å². The summed E-state index contributed by atoms with van der Waals surface area (Å²) in [5.74, 6) is 5.00. The number of amides is 1. The Morgan fingerprint density at radius 1 is 1.42 bits per heavy atom. The Morgan fingerprint density at radius 2 is 2.16 bits per heavy atom. The van der Waals surface area contributed by atoms with Crippen molar-refractivity contribution in [3.8, 4) is 11.8 Å². The van der Waals surface area contributed by atoms with Crippen LogP contribution in [0.15, 0.2) is 18.2 Å². The maximum absolute atomic E-state index is 12.0. The van der Waals surface area contributed by atoms with Crippen LogP contribution in [-0.2, 0) is 0 Å². The highest BCUT2D eigenvalue weighted by Gasteiger charge is 2.09. The molecule has 0 spiro atoms. The molecule has 0 bridgehead atoms. The molecular weight excluding hydrogens is 252 g/mol. The van der Waals surface area contributed by atoms with Crippen molar-refractivity contribution in [1.82, 2.24) is 5.32 Å². The van der Waals surface area contributed by atoms with Gasteiger partial charge in [0.2, 0.25) is 0 Å². The van der Waals surface area contributed by atoms with E-state index in [0.717, 1.165) is 5.56 Å². The first-order valence-corrected chi connectivity index (χ1v) is 5.80. The van der Waals surface area contributed by atoms with E-state index in [0.29, 0.717) is 17.5 Å². The summed E-state index contributed by atoms with van der Waals surface area (Å²) in [6.45, 7) is 1.10. The van der Waals surface area contributed by atoms with E-state index in [1.165, 1.54) is 6.07 Å². The number of aliphatic hydroxyl groups excluding tert-OH is 1. The molecule has 102 valence electrons. The van der Waals surface area contributed by atoms with Gasteiger partial charge in [-0.3, -0.25) is 4.79 Å². The number of alkyl halides is 2. The number of carbonyl (C=O) groups excluding carboxylic acids is 1. The first kappa shape index (κ1) is 15.1. The third-order valence-corrected chi connectivity index (χ3v) is 2.23. The summed E-state index contributed by atoms with van der Waals surface area (Å²) >= 11 is 0. The first-order chi connectivity index (χ1) is 9.02. The lowest BCUT2D eigenvalue weighted by molar-refractivity contribution is 0.0891. The number of halogens is 2. The minimum absolute atomic E-state index is 0.0272. The Morgan fingerprint density at radius 3 is 2.79 bits per heavy atom. The minimum atomic E-state index is -2.57. The average Bonchev–Trinajstić information content (AvgIpc) is 2.35. The van der Waals surface area contributed by atoms with Gasteiger partial charge in [0.15, 0.2) is 0 Å². The highest BCUT2D eigenvalue weighted by Crippen LogP contribution is 2.09. The molecule has 0 saturated heterocycles. The number of hydrogen-bond acceptors (Lipinski definition) is 2. The molecule has 1 rings (SSSR count). The molecule has 3 nitrogen and oxygen atoms in total. The van der Waals surface area contributed by atoms with Crippen LogP contribution in [0.4, 0.5) is 8.78 Å². The van der Waals surface area contributed by atoms with Crippen LogP contribution in [0.1, 0.15) is 27.9 Å². The fourth-order valence-electron chi connectivity index (χ4n) is 1.48. The van der Waals surface area contributed by atoms with Crippen LogP contribution in [0.5, 0.6) is 0 Å². The van der Waals surface area contributed by atoms with Crippen molar-refractivity contribution in [2.24, 2.45) is 0 Å². The zero-order valence-electron chi connectivity index (χ0n) is 10.5. The molecule has 0 radical (unpaired) electrons. The van der Waals surface area contributed by atoms with E-state index < -0.39 is 18.9 Å². The summed E-state index contributed by atoms with van der Waals surface area (Å²) in [7, 11) is 0. The molecule has 0 aromatic heterocycles. The van der Waals surface area contributed by atoms with Crippen molar-refractivity contribution >= 4 is 5.91 Å². The maximum atomic E-state index is 12.0. The van der Waals surface area contributed by atoms with Crippen molar-refractivity contribution in [3.63, 3.8) is 0 Å². The lowest BCUT2D eigenvalue weighted by Gasteiger charge is -2.06. The van der Waals surface area contributed by atoms with Crippen LogP contribution in [0.25, 0.3) is 0 Å². The summed E-state index contributed by atoms with van der Waals surface area (Å²) < 4.78 is 24.0. The fraction of sp³-hybridized carbons (Fsp3) is 0.357. The van der Waals surface area contributed by atoms with Gasteiger partial charge in [-0.1, -0.05) is 11.8 Å². The summed E-state index contributed by atoms with van der Waals surface area (Å²) in [6, 6.07) is 4.93. The Kier molecular flexibility index (Phi) is 5.97. The normalized spacial score (nSPS) is 9.95. The predicted octanol–water partition coefficient (Wildman–Crippen LogP) is 1.72. The number of rotatable bonds is 4. The average molecular weight is 267 g/mol. The van der Waals surface area contributed by atoms with Gasteiger partial charge in [-0.25, -0.2) is 8.78 Å². The van der Waals surface area contributed by atoms with E-state index in [1.54, 1.807) is 19.1 Å². The SMILES string of the molecule is Cc1cc(C#CCCO)cc(C(=O)NCC(F)F)c1. The van der Waals surface area contributed by atoms with Gasteiger partial charge in [0, 0.05) is 17.5 Å². The standard InChI is InChI=1S/C14H15F2NO2/c1-10-6-11(4-2-3-5-18)8-12(7-10)14(19)17-9-13(15)16/h6-8,13,18H,3,5,9H2,1H3,(H,17,19). The first-order valence-electron chi connectivity index (χ1n) is 5.80. The number of aliphatic hydroxyl groups is 1. The zero-order valence-corrected chi connectivity index (χ0v) is 10.5. The van der Waals surface area contributed by atoms with E-state index in [1.807, 2.05) is 0 Å². The smallest absolute Gasteiger partial charge is 0.255 e. The van der Waals surface area contributed by atoms with Crippen molar-refractivity contribution in [2.45, 2.75) is 19.8 Å². The molecule has 0 atom stereocenters. The van der Waals surface area contributed by atoms with E-state index in [2.05, 4.69) is 17.2 Å². The number of carbonyl (C=O) groups is 1. The van der Waals surface area contributed by atoms with E-state index in [9.17, 15) is 13.6 Å². The predicted molar refractivity (Wildman–Crippen MR) is 68.1 cm³/mol. The Labute approximate surface area is 110 Å². The minimum Gasteiger partial charge on any atom is -0.395 e. The molecule has 1 amide bonds. The van der Waals surface area contributed by atoms with Gasteiger partial charge in [-0.05, 0) is 30.7 Å². The van der Waals surface area contributed by atoms with Gasteiger partial charge in [0.05, 0.1) is 13.2 Å². The Hall–Kier alpha value is -1.93. The van der Waals surface area contributed by atoms with Gasteiger partial charge in [0.25, 0.3) is 12.3 Å². The van der Waals surface area contributed by atoms with Crippen LogP contribution < -0.4 is 5.32 Å². The number of benzene rings is 1. The maximum Gasteiger partial charge on any atom is 0.255 e. The molecule has 0 fully saturated rings. The molecule has 0 aliphatic heterocycles. The highest BCUT2D eigenvalue weighted by molar-refractivity contribution is 5.94. The number of aryl methyl sites for hydroxylation is 1. The van der Waals surface area contributed by atoms with Crippen LogP contribution in [0.3, 0.4) is 0 Å². The van der Waals surface area contributed by atoms with Crippen molar-refractivity contribution < 1.29 is 18.7 Å². The summed E-state index contributed by atoms with van der Waals surface area (Å²) in [6.07, 6.45) is -2.22. The van der Waals surface area contributed by atoms with Crippen LogP contribution >= 0.6 is 0 Å². The second-order valence-corrected chi connectivity index (χ2v) is 3.96. The third kappa shape index (κ3) is 5.49. The molecule has 0 heterocycles. The van der Waals surface area contributed by atoms with Gasteiger partial charge >= 0.3 is 0 Å². The van der Waals surface area contributed by atoms with Crippen molar-refractivity contribution in [2.75, 3.05) is 13.2 Å². The van der Waals surface area contributed by atoms with Gasteiger partial charge in [0.1, 0.15) is 0 Å². The fourth-order valence-corrected chi connectivity index (χ4v) is 1.48. The summed E-state index contributed by atoms with van der Waals surface area (Å²) in [5, 5.41) is 10.8. The van der Waals surface area contributed by atoms with Gasteiger partial charge in [-0.2, -0.15) is 0 Å². The second-order valence-electron chi connectivity index (χ2n) is 3.96. The summed E-state index contributed by atoms with van der Waals surface area (Å²) in [4.78, 5) is 11.7. The molecule has 0 aliphatic rings. The van der Waals surface area contributed by atoms with Crippen LogP contribution in [-0.4, -0.2) is 30.6 Å². The molecule has 1 aromatic carbocycles. The lowest BCUT2D eigenvalue weighted by atomic mass is 10.1. The molecule has 19 heavy (non-hydrogen) atoms. The van der Waals surface area contributed by atoms with E-state index >= 15 is 0 Å². The summed E-state index contributed by atoms with van der Waals surface area (Å²) in [5.41, 5.74) is 1.74. The van der Waals surface area contributed by atoms with E-state index in [-0.39, 0.29) is 6.61 Å². The molecule has 5 heteroatoms. The molecule has 0 saturated carbocycles. The monoisotopic (exact) mass is 267 g/mol. The quantitative estimate of drug-likeness (QED) is 0.816. The van der Waals surface area contributed by atoms with Crippen LogP contribution in [0, 0.1) is 18.8 Å². The van der Waals surface area contributed by atoms with Crippen molar-refractivity contribution in [1.29, 1.82) is 0 Å². The Bertz CT molecular complexity index is 504. The lowest BCUT2D eigenvalue weighted by Crippen LogP contribution is -2.28. The van der Waals surface area contributed by atoms with Crippen molar-refractivity contribution in [3.05, 3.63) is 34.9 Å². The number of hydrogen-bond donors (Lipinski definition) is 2. The molecule has 0 aliphatic carbocycles. The largest absolute Gasteiger partial charge is 0.395 e. The molecule has 2 N–H and O–H groups in total. The Balaban J connectivity index is 2.85. The molecule has 0 unspecified atom stereocenters. The zero-order chi connectivity index (χ0) is 14.3. The van der Waals surface area contributed by atoms with Gasteiger partial charge in [-0.15, -0.1) is 0 Å². The topological polar surface area (TPSA) is 49.3 Å². The molecular formula is C14H15F2NO2. The third-order valence-electron chi connectivity index (χ3n) is 2.23. The number of nitrogens with one attached hydrogen (secondary N) is 1. The second kappa shape index (κ2) is 7.49. The highest BCUT2D eigenvalue weighted by atomic mass is 19.3. The van der Waals surface area contributed by atoms with Gasteiger partial charge < -0.3 is 10.4 Å². The van der Waals surface area contributed by atoms with E-state index in [4.69, 9.17) is 5.11 Å². The molecule has 1 aromatic rings.